The number of hydrogen-bond acceptors (Lipinski definition) is 5. The molecule has 0 spiro atoms. The molecule has 29 heavy (non-hydrogen) atoms. The fourth-order valence-corrected chi connectivity index (χ4v) is 3.37. The molecule has 8 heteroatoms. The van der Waals surface area contributed by atoms with Gasteiger partial charge in [0, 0.05) is 31.2 Å². The van der Waals surface area contributed by atoms with Crippen LogP contribution in [0.1, 0.15) is 12.0 Å². The Hall–Kier alpha value is -3.06. The van der Waals surface area contributed by atoms with E-state index < -0.39 is 5.82 Å². The van der Waals surface area contributed by atoms with E-state index in [9.17, 15) is 9.18 Å². The van der Waals surface area contributed by atoms with Crippen molar-refractivity contribution in [1.29, 1.82) is 0 Å². The maximum Gasteiger partial charge on any atom is 0.352 e. The standard InChI is InChI=1S/C21H19ClFN3O3/c1-25-8-3-9-26-20(25)12-19(24-21(26)27)28-13-14-6-7-18(17(23)10-14)29-16-5-2-4-15(22)11-16/h2,4-7,10-12H,3,8-9,13H2,1H3. The van der Waals surface area contributed by atoms with Gasteiger partial charge in [0.25, 0.3) is 0 Å². The summed E-state index contributed by atoms with van der Waals surface area (Å²) in [5.41, 5.74) is 0.245. The first kappa shape index (κ1) is 19.3. The molecule has 0 radical (unpaired) electrons. The van der Waals surface area contributed by atoms with Crippen molar-refractivity contribution in [1.82, 2.24) is 9.55 Å². The largest absolute Gasteiger partial charge is 0.473 e. The quantitative estimate of drug-likeness (QED) is 0.623. The van der Waals surface area contributed by atoms with Gasteiger partial charge in [-0.2, -0.15) is 4.98 Å². The van der Waals surface area contributed by atoms with Gasteiger partial charge in [-0.05, 0) is 42.3 Å². The van der Waals surface area contributed by atoms with E-state index in [1.54, 1.807) is 41.0 Å². The highest BCUT2D eigenvalue weighted by Crippen LogP contribution is 2.27. The first-order chi connectivity index (χ1) is 14.0. The zero-order chi connectivity index (χ0) is 20.4. The highest BCUT2D eigenvalue weighted by molar-refractivity contribution is 6.30. The highest BCUT2D eigenvalue weighted by Gasteiger charge is 2.17. The molecular weight excluding hydrogens is 397 g/mol. The van der Waals surface area contributed by atoms with Gasteiger partial charge in [0.2, 0.25) is 5.88 Å². The number of anilines is 1. The fourth-order valence-electron chi connectivity index (χ4n) is 3.19. The summed E-state index contributed by atoms with van der Waals surface area (Å²) in [5.74, 6) is 0.993. The minimum absolute atomic E-state index is 0.0774. The lowest BCUT2D eigenvalue weighted by Crippen LogP contribution is -2.36. The number of benzene rings is 2. The van der Waals surface area contributed by atoms with Gasteiger partial charge in [-0.25, -0.2) is 9.18 Å². The van der Waals surface area contributed by atoms with E-state index >= 15 is 0 Å². The van der Waals surface area contributed by atoms with Crippen LogP contribution in [-0.4, -0.2) is 23.1 Å². The molecule has 0 bridgehead atoms. The van der Waals surface area contributed by atoms with E-state index in [1.165, 1.54) is 12.1 Å². The minimum Gasteiger partial charge on any atom is -0.473 e. The molecule has 0 saturated carbocycles. The van der Waals surface area contributed by atoms with Gasteiger partial charge in [-0.3, -0.25) is 4.57 Å². The second kappa shape index (κ2) is 8.13. The number of aromatic nitrogens is 2. The Labute approximate surface area is 172 Å². The fraction of sp³-hybridized carbons (Fsp3) is 0.238. The van der Waals surface area contributed by atoms with Gasteiger partial charge in [0.1, 0.15) is 18.2 Å². The number of halogens is 2. The van der Waals surface area contributed by atoms with Gasteiger partial charge < -0.3 is 14.4 Å². The van der Waals surface area contributed by atoms with Crippen molar-refractivity contribution in [2.24, 2.45) is 0 Å². The van der Waals surface area contributed by atoms with Gasteiger partial charge in [0.05, 0.1) is 0 Å². The molecule has 0 aliphatic carbocycles. The van der Waals surface area contributed by atoms with Crippen molar-refractivity contribution in [3.8, 4) is 17.4 Å². The van der Waals surface area contributed by atoms with Gasteiger partial charge >= 0.3 is 5.69 Å². The van der Waals surface area contributed by atoms with Crippen LogP contribution >= 0.6 is 11.6 Å². The van der Waals surface area contributed by atoms with E-state index in [4.69, 9.17) is 21.1 Å². The number of rotatable bonds is 5. The SMILES string of the molecule is CN1CCCn2c1cc(OCc1ccc(Oc3cccc(Cl)c3)c(F)c1)nc2=O. The molecule has 2 heterocycles. The number of ether oxygens (including phenoxy) is 2. The predicted octanol–water partition coefficient (Wildman–Crippen LogP) is 4.25. The Bertz CT molecular complexity index is 1100. The zero-order valence-electron chi connectivity index (χ0n) is 15.8. The van der Waals surface area contributed by atoms with Crippen LogP contribution in [0.4, 0.5) is 10.2 Å². The first-order valence-corrected chi connectivity index (χ1v) is 9.55. The monoisotopic (exact) mass is 415 g/mol. The molecular formula is C21H19ClFN3O3. The summed E-state index contributed by atoms with van der Waals surface area (Å²) in [4.78, 5) is 18.2. The molecule has 3 aromatic rings. The average molecular weight is 416 g/mol. The van der Waals surface area contributed by atoms with E-state index in [0.29, 0.717) is 22.9 Å². The lowest BCUT2D eigenvalue weighted by atomic mass is 10.2. The summed E-state index contributed by atoms with van der Waals surface area (Å²) in [6.07, 6.45) is 0.897. The molecule has 0 N–H and O–H groups in total. The second-order valence-corrected chi connectivity index (χ2v) is 7.21. The number of hydrogen-bond donors (Lipinski definition) is 0. The van der Waals surface area contributed by atoms with E-state index in [0.717, 1.165) is 18.8 Å². The van der Waals surface area contributed by atoms with Crippen molar-refractivity contribution in [2.45, 2.75) is 19.6 Å². The molecule has 1 aliphatic heterocycles. The Morgan fingerprint density at radius 2 is 2.03 bits per heavy atom. The van der Waals surface area contributed by atoms with E-state index in [1.807, 2.05) is 11.9 Å². The molecule has 0 amide bonds. The highest BCUT2D eigenvalue weighted by atomic mass is 35.5. The summed E-state index contributed by atoms with van der Waals surface area (Å²) in [5, 5.41) is 0.507. The molecule has 0 fully saturated rings. The molecule has 2 aromatic carbocycles. The number of fused-ring (bicyclic) bond motifs is 1. The third-order valence-corrected chi connectivity index (χ3v) is 4.87. The van der Waals surface area contributed by atoms with Gasteiger partial charge in [-0.1, -0.05) is 23.7 Å². The minimum atomic E-state index is -0.524. The van der Waals surface area contributed by atoms with Crippen LogP contribution in [-0.2, 0) is 13.2 Å². The first-order valence-electron chi connectivity index (χ1n) is 9.17. The lowest BCUT2D eigenvalue weighted by Gasteiger charge is -2.28. The summed E-state index contributed by atoms with van der Waals surface area (Å²) < 4.78 is 27.2. The van der Waals surface area contributed by atoms with E-state index in [2.05, 4.69) is 4.98 Å². The molecule has 6 nitrogen and oxygen atoms in total. The molecule has 0 saturated heterocycles. The summed E-state index contributed by atoms with van der Waals surface area (Å²) in [6.45, 7) is 1.58. The van der Waals surface area contributed by atoms with Crippen LogP contribution in [0.5, 0.6) is 17.4 Å². The van der Waals surface area contributed by atoms with Crippen molar-refractivity contribution < 1.29 is 13.9 Å². The van der Waals surface area contributed by atoms with Gasteiger partial charge in [0.15, 0.2) is 11.6 Å². The topological polar surface area (TPSA) is 56.6 Å². The molecule has 0 atom stereocenters. The van der Waals surface area contributed by atoms with Crippen molar-refractivity contribution in [3.05, 3.63) is 75.4 Å². The van der Waals surface area contributed by atoms with Crippen LogP contribution in [0.25, 0.3) is 0 Å². The Kier molecular flexibility index (Phi) is 5.40. The summed E-state index contributed by atoms with van der Waals surface area (Å²) in [6, 6.07) is 13.0. The van der Waals surface area contributed by atoms with Crippen LogP contribution < -0.4 is 20.1 Å². The predicted molar refractivity (Wildman–Crippen MR) is 109 cm³/mol. The normalized spacial score (nSPS) is 13.1. The lowest BCUT2D eigenvalue weighted by molar-refractivity contribution is 0.289. The third-order valence-electron chi connectivity index (χ3n) is 4.64. The van der Waals surface area contributed by atoms with Crippen molar-refractivity contribution in [2.75, 3.05) is 18.5 Å². The van der Waals surface area contributed by atoms with Crippen molar-refractivity contribution in [3.63, 3.8) is 0 Å². The van der Waals surface area contributed by atoms with E-state index in [-0.39, 0.29) is 23.9 Å². The van der Waals surface area contributed by atoms with Crippen LogP contribution in [0.15, 0.2) is 53.3 Å². The summed E-state index contributed by atoms with van der Waals surface area (Å²) >= 11 is 5.92. The maximum absolute atomic E-state index is 14.4. The third kappa shape index (κ3) is 4.35. The maximum atomic E-state index is 14.4. The molecule has 0 unspecified atom stereocenters. The molecule has 1 aliphatic rings. The van der Waals surface area contributed by atoms with Crippen molar-refractivity contribution >= 4 is 17.4 Å². The Balaban J connectivity index is 1.47. The van der Waals surface area contributed by atoms with Gasteiger partial charge in [-0.15, -0.1) is 0 Å². The smallest absolute Gasteiger partial charge is 0.352 e. The van der Waals surface area contributed by atoms with Crippen LogP contribution in [0.3, 0.4) is 0 Å². The Morgan fingerprint density at radius 1 is 1.17 bits per heavy atom. The van der Waals surface area contributed by atoms with Crippen LogP contribution in [0.2, 0.25) is 5.02 Å². The zero-order valence-corrected chi connectivity index (χ0v) is 16.5. The number of nitrogens with zero attached hydrogens (tertiary/aromatic N) is 3. The second-order valence-electron chi connectivity index (χ2n) is 6.77. The average Bonchev–Trinajstić information content (AvgIpc) is 2.69. The van der Waals surface area contributed by atoms with Crippen LogP contribution in [0, 0.1) is 5.82 Å². The summed E-state index contributed by atoms with van der Waals surface area (Å²) in [7, 11) is 1.92. The molecule has 150 valence electrons. The molecule has 1 aromatic heterocycles. The Morgan fingerprint density at radius 3 is 2.83 bits per heavy atom. The molecule has 4 rings (SSSR count).